The summed E-state index contributed by atoms with van der Waals surface area (Å²) in [5.74, 6) is 0. The summed E-state index contributed by atoms with van der Waals surface area (Å²) in [6.07, 6.45) is 7.64. The van der Waals surface area contributed by atoms with Gasteiger partial charge in [0.1, 0.15) is 6.33 Å². The average molecular weight is 132 g/mol. The number of rotatable bonds is 0. The highest BCUT2D eigenvalue weighted by Crippen LogP contribution is 2.60. The molecule has 2 nitrogen and oxygen atoms in total. The summed E-state index contributed by atoms with van der Waals surface area (Å²) >= 11 is 0. The van der Waals surface area contributed by atoms with Gasteiger partial charge in [-0.3, -0.25) is 0 Å². The van der Waals surface area contributed by atoms with Crippen molar-refractivity contribution in [2.24, 2.45) is 0 Å². The Kier molecular flexibility index (Phi) is 0.598. The number of hydrogen-bond acceptors (Lipinski definition) is 2. The summed E-state index contributed by atoms with van der Waals surface area (Å²) in [4.78, 5) is 8.24. The van der Waals surface area contributed by atoms with Gasteiger partial charge in [0.25, 0.3) is 0 Å². The molecule has 0 bridgehead atoms. The number of nitrogens with zero attached hydrogens (tertiary/aromatic N) is 2. The molecule has 0 radical (unpaired) electrons. The Morgan fingerprint density at radius 1 is 1.40 bits per heavy atom. The Balaban J connectivity index is 2.15. The average Bonchev–Trinajstić information content (AvgIpc) is 2.54. The first-order chi connectivity index (χ1) is 4.93. The van der Waals surface area contributed by atoms with Crippen molar-refractivity contribution in [3.63, 3.8) is 0 Å². The minimum atomic E-state index is 0.455. The number of aromatic nitrogens is 2. The minimum Gasteiger partial charge on any atom is -0.244 e. The number of fused-ring (bicyclic) bond motifs is 3. The minimum absolute atomic E-state index is 0.455. The van der Waals surface area contributed by atoms with Crippen LogP contribution in [0, 0.1) is 0 Å². The van der Waals surface area contributed by atoms with Crippen LogP contribution in [0.4, 0.5) is 0 Å². The van der Waals surface area contributed by atoms with Crippen LogP contribution in [-0.2, 0) is 5.41 Å². The molecule has 3 rings (SSSR count). The lowest BCUT2D eigenvalue weighted by atomic mass is 9.79. The zero-order valence-corrected chi connectivity index (χ0v) is 5.67. The normalized spacial score (nSPS) is 23.6. The molecule has 2 aliphatic rings. The Hall–Kier alpha value is -0.920. The van der Waals surface area contributed by atoms with E-state index in [9.17, 15) is 0 Å². The standard InChI is InChI=1S/C8H8N2/c1-2-8(3-1)6-4-9-5-10-7(6)8/h4-5H,1-3H2. The molecule has 10 heavy (non-hydrogen) atoms. The van der Waals surface area contributed by atoms with Crippen molar-refractivity contribution in [1.29, 1.82) is 0 Å². The van der Waals surface area contributed by atoms with Gasteiger partial charge in [0.2, 0.25) is 0 Å². The van der Waals surface area contributed by atoms with Crippen molar-refractivity contribution in [3.8, 4) is 0 Å². The Morgan fingerprint density at radius 2 is 2.30 bits per heavy atom. The van der Waals surface area contributed by atoms with Crippen LogP contribution in [0.2, 0.25) is 0 Å². The highest BCUT2D eigenvalue weighted by atomic mass is 14.9. The summed E-state index contributed by atoms with van der Waals surface area (Å²) < 4.78 is 0. The SMILES string of the molecule is c1ncc2c(n1)C21CCC1. The van der Waals surface area contributed by atoms with E-state index in [-0.39, 0.29) is 0 Å². The highest BCUT2D eigenvalue weighted by Gasteiger charge is 2.56. The molecule has 1 fully saturated rings. The van der Waals surface area contributed by atoms with E-state index < -0.39 is 0 Å². The predicted molar refractivity (Wildman–Crippen MR) is 36.7 cm³/mol. The second-order valence-electron chi connectivity index (χ2n) is 3.22. The molecule has 1 spiro atoms. The van der Waals surface area contributed by atoms with Crippen LogP contribution in [0.1, 0.15) is 30.5 Å². The van der Waals surface area contributed by atoms with Crippen molar-refractivity contribution >= 4 is 0 Å². The zero-order valence-electron chi connectivity index (χ0n) is 5.67. The van der Waals surface area contributed by atoms with Gasteiger partial charge in [-0.05, 0) is 12.8 Å². The molecule has 2 aliphatic carbocycles. The second kappa shape index (κ2) is 1.24. The fourth-order valence-electron chi connectivity index (χ4n) is 1.98. The van der Waals surface area contributed by atoms with Crippen molar-refractivity contribution in [1.82, 2.24) is 9.97 Å². The van der Waals surface area contributed by atoms with Gasteiger partial charge in [-0.2, -0.15) is 0 Å². The first-order valence-corrected chi connectivity index (χ1v) is 3.74. The highest BCUT2D eigenvalue weighted by molar-refractivity contribution is 5.55. The molecule has 0 aromatic carbocycles. The van der Waals surface area contributed by atoms with Gasteiger partial charge < -0.3 is 0 Å². The van der Waals surface area contributed by atoms with Crippen LogP contribution >= 0.6 is 0 Å². The molecule has 1 aromatic rings. The molecular formula is C8H8N2. The lowest BCUT2D eigenvalue weighted by Crippen LogP contribution is -2.18. The molecular weight excluding hydrogens is 124 g/mol. The third-order valence-electron chi connectivity index (χ3n) is 2.83. The van der Waals surface area contributed by atoms with E-state index in [0.29, 0.717) is 5.41 Å². The van der Waals surface area contributed by atoms with Crippen molar-refractivity contribution in [2.45, 2.75) is 24.7 Å². The van der Waals surface area contributed by atoms with E-state index in [1.54, 1.807) is 6.33 Å². The maximum atomic E-state index is 4.24. The molecule has 0 atom stereocenters. The van der Waals surface area contributed by atoms with Gasteiger partial charge in [-0.15, -0.1) is 0 Å². The fraction of sp³-hybridized carbons (Fsp3) is 0.500. The Morgan fingerprint density at radius 3 is 2.80 bits per heavy atom. The summed E-state index contributed by atoms with van der Waals surface area (Å²) in [6, 6.07) is 0. The Bertz CT molecular complexity index is 264. The van der Waals surface area contributed by atoms with E-state index in [1.165, 1.54) is 30.5 Å². The van der Waals surface area contributed by atoms with Crippen molar-refractivity contribution < 1.29 is 0 Å². The maximum absolute atomic E-state index is 4.24. The van der Waals surface area contributed by atoms with E-state index in [4.69, 9.17) is 0 Å². The summed E-state index contributed by atoms with van der Waals surface area (Å²) in [6.45, 7) is 0. The smallest absolute Gasteiger partial charge is 0.115 e. The van der Waals surface area contributed by atoms with Gasteiger partial charge in [-0.1, -0.05) is 6.42 Å². The van der Waals surface area contributed by atoms with E-state index in [0.717, 1.165) is 0 Å². The zero-order chi connectivity index (χ0) is 6.60. The molecule has 0 unspecified atom stereocenters. The molecule has 0 aliphatic heterocycles. The molecule has 50 valence electrons. The van der Waals surface area contributed by atoms with Crippen molar-refractivity contribution in [2.75, 3.05) is 0 Å². The summed E-state index contributed by atoms with van der Waals surface area (Å²) in [5.41, 5.74) is 3.20. The topological polar surface area (TPSA) is 25.8 Å². The van der Waals surface area contributed by atoms with Gasteiger partial charge in [-0.25, -0.2) is 9.97 Å². The van der Waals surface area contributed by atoms with Crippen LogP contribution in [0.25, 0.3) is 0 Å². The predicted octanol–water partition coefficient (Wildman–Crippen LogP) is 1.26. The van der Waals surface area contributed by atoms with Gasteiger partial charge >= 0.3 is 0 Å². The molecule has 0 amide bonds. The lowest BCUT2D eigenvalue weighted by molar-refractivity contribution is 0.365. The fourth-order valence-corrected chi connectivity index (χ4v) is 1.98. The van der Waals surface area contributed by atoms with Crippen molar-refractivity contribution in [3.05, 3.63) is 23.8 Å². The largest absolute Gasteiger partial charge is 0.244 e. The van der Waals surface area contributed by atoms with Gasteiger partial charge in [0.15, 0.2) is 0 Å². The molecule has 2 heteroatoms. The summed E-state index contributed by atoms with van der Waals surface area (Å²) in [5, 5.41) is 0. The van der Waals surface area contributed by atoms with Crippen LogP contribution in [0.15, 0.2) is 12.5 Å². The van der Waals surface area contributed by atoms with Crippen LogP contribution in [0.3, 0.4) is 0 Å². The van der Waals surface area contributed by atoms with Crippen LogP contribution in [-0.4, -0.2) is 9.97 Å². The van der Waals surface area contributed by atoms with Gasteiger partial charge in [0.05, 0.1) is 5.69 Å². The molecule has 1 saturated carbocycles. The third kappa shape index (κ3) is 0.332. The third-order valence-corrected chi connectivity index (χ3v) is 2.83. The first-order valence-electron chi connectivity index (χ1n) is 3.74. The molecule has 1 aromatic heterocycles. The van der Waals surface area contributed by atoms with E-state index in [1.807, 2.05) is 6.20 Å². The Labute approximate surface area is 59.3 Å². The van der Waals surface area contributed by atoms with E-state index in [2.05, 4.69) is 9.97 Å². The van der Waals surface area contributed by atoms with Crippen LogP contribution < -0.4 is 0 Å². The first kappa shape index (κ1) is 4.83. The second-order valence-corrected chi connectivity index (χ2v) is 3.22. The maximum Gasteiger partial charge on any atom is 0.115 e. The summed E-state index contributed by atoms with van der Waals surface area (Å²) in [7, 11) is 0. The lowest BCUT2D eigenvalue weighted by Gasteiger charge is -2.24. The van der Waals surface area contributed by atoms with E-state index >= 15 is 0 Å². The van der Waals surface area contributed by atoms with Crippen LogP contribution in [0.5, 0.6) is 0 Å². The number of hydrogen-bond donors (Lipinski definition) is 0. The molecule has 0 N–H and O–H groups in total. The van der Waals surface area contributed by atoms with Gasteiger partial charge in [0, 0.05) is 17.2 Å². The molecule has 1 heterocycles. The monoisotopic (exact) mass is 132 g/mol. The molecule has 0 saturated heterocycles. The quantitative estimate of drug-likeness (QED) is 0.531.